The van der Waals surface area contributed by atoms with Crippen LogP contribution in [-0.2, 0) is 22.4 Å². The Kier molecular flexibility index (Phi) is 4.81. The zero-order valence-corrected chi connectivity index (χ0v) is 12.7. The van der Waals surface area contributed by atoms with Gasteiger partial charge in [0.25, 0.3) is 0 Å². The van der Waals surface area contributed by atoms with Crippen LogP contribution in [0.2, 0.25) is 0 Å². The van der Waals surface area contributed by atoms with Crippen LogP contribution < -0.4 is 4.72 Å². The van der Waals surface area contributed by atoms with Crippen LogP contribution in [0.1, 0.15) is 16.7 Å². The minimum Gasteiger partial charge on any atom is -0.207 e. The number of alkyl halides is 1. The van der Waals surface area contributed by atoms with Gasteiger partial charge in [-0.25, -0.2) is 13.1 Å². The molecule has 0 heterocycles. The van der Waals surface area contributed by atoms with E-state index in [1.807, 2.05) is 30.3 Å². The quantitative estimate of drug-likeness (QED) is 0.862. The Morgan fingerprint density at radius 1 is 1.05 bits per heavy atom. The molecule has 2 aromatic rings. The Morgan fingerprint density at radius 3 is 2.45 bits per heavy atom. The topological polar surface area (TPSA) is 46.2 Å². The molecule has 0 aromatic heterocycles. The summed E-state index contributed by atoms with van der Waals surface area (Å²) in [5, 5.41) is 0. The van der Waals surface area contributed by atoms with Crippen molar-refractivity contribution < 1.29 is 8.42 Å². The third kappa shape index (κ3) is 3.60. The van der Waals surface area contributed by atoms with E-state index in [1.165, 1.54) is 0 Å². The van der Waals surface area contributed by atoms with Gasteiger partial charge in [-0.15, -0.1) is 11.6 Å². The first-order chi connectivity index (χ1) is 9.53. The molecule has 0 bridgehead atoms. The van der Waals surface area contributed by atoms with Crippen molar-refractivity contribution in [3.05, 3.63) is 65.2 Å². The minimum absolute atomic E-state index is 0.251. The largest absolute Gasteiger partial charge is 0.241 e. The van der Waals surface area contributed by atoms with Gasteiger partial charge in [-0.2, -0.15) is 0 Å². The SMILES string of the molecule is Cc1ccccc1S(=O)(=O)NCc1cccc(CCl)c1. The van der Waals surface area contributed by atoms with Crippen LogP contribution in [0.25, 0.3) is 0 Å². The van der Waals surface area contributed by atoms with Gasteiger partial charge in [-0.1, -0.05) is 42.5 Å². The fraction of sp³-hybridized carbons (Fsp3) is 0.200. The van der Waals surface area contributed by atoms with Crippen molar-refractivity contribution in [1.29, 1.82) is 0 Å². The third-order valence-electron chi connectivity index (χ3n) is 3.00. The highest BCUT2D eigenvalue weighted by molar-refractivity contribution is 7.89. The maximum Gasteiger partial charge on any atom is 0.241 e. The van der Waals surface area contributed by atoms with Crippen molar-refractivity contribution in [2.24, 2.45) is 0 Å². The van der Waals surface area contributed by atoms with E-state index >= 15 is 0 Å². The lowest BCUT2D eigenvalue weighted by Crippen LogP contribution is -2.24. The van der Waals surface area contributed by atoms with E-state index in [0.29, 0.717) is 10.8 Å². The Bertz CT molecular complexity index is 699. The molecule has 5 heteroatoms. The van der Waals surface area contributed by atoms with Crippen LogP contribution in [0.5, 0.6) is 0 Å². The van der Waals surface area contributed by atoms with Crippen molar-refractivity contribution >= 4 is 21.6 Å². The highest BCUT2D eigenvalue weighted by Crippen LogP contribution is 2.15. The second kappa shape index (κ2) is 6.39. The molecule has 2 rings (SSSR count). The number of halogens is 1. The Morgan fingerprint density at radius 2 is 1.75 bits per heavy atom. The molecule has 0 aliphatic carbocycles. The van der Waals surface area contributed by atoms with Crippen LogP contribution >= 0.6 is 11.6 Å². The second-order valence-corrected chi connectivity index (χ2v) is 6.55. The van der Waals surface area contributed by atoms with Gasteiger partial charge in [0.15, 0.2) is 0 Å². The summed E-state index contributed by atoms with van der Waals surface area (Å²) in [6.07, 6.45) is 0. The van der Waals surface area contributed by atoms with Crippen LogP contribution in [0.4, 0.5) is 0 Å². The summed E-state index contributed by atoms with van der Waals surface area (Å²) in [6, 6.07) is 14.5. The zero-order chi connectivity index (χ0) is 14.6. The molecule has 0 atom stereocenters. The molecule has 0 saturated heterocycles. The predicted molar refractivity (Wildman–Crippen MR) is 81.2 cm³/mol. The first-order valence-electron chi connectivity index (χ1n) is 6.22. The summed E-state index contributed by atoms with van der Waals surface area (Å²) >= 11 is 5.77. The van der Waals surface area contributed by atoms with Gasteiger partial charge in [0.1, 0.15) is 0 Å². The van der Waals surface area contributed by atoms with Crippen molar-refractivity contribution in [2.45, 2.75) is 24.2 Å². The number of nitrogens with one attached hydrogen (secondary N) is 1. The number of hydrogen-bond donors (Lipinski definition) is 1. The smallest absolute Gasteiger partial charge is 0.207 e. The lowest BCUT2D eigenvalue weighted by atomic mass is 10.1. The first kappa shape index (κ1) is 15.0. The van der Waals surface area contributed by atoms with Crippen molar-refractivity contribution in [2.75, 3.05) is 0 Å². The van der Waals surface area contributed by atoms with E-state index in [9.17, 15) is 8.42 Å². The third-order valence-corrected chi connectivity index (χ3v) is 4.87. The van der Waals surface area contributed by atoms with Crippen LogP contribution in [0.3, 0.4) is 0 Å². The summed E-state index contributed by atoms with van der Waals surface area (Å²) in [4.78, 5) is 0.313. The summed E-state index contributed by atoms with van der Waals surface area (Å²) in [5.74, 6) is 0.415. The lowest BCUT2D eigenvalue weighted by molar-refractivity contribution is 0.580. The minimum atomic E-state index is -3.49. The zero-order valence-electron chi connectivity index (χ0n) is 11.1. The van der Waals surface area contributed by atoms with E-state index in [0.717, 1.165) is 16.7 Å². The number of sulfonamides is 1. The number of aryl methyl sites for hydroxylation is 1. The monoisotopic (exact) mass is 309 g/mol. The maximum atomic E-state index is 12.2. The van der Waals surface area contributed by atoms with Crippen LogP contribution in [-0.4, -0.2) is 8.42 Å². The average molecular weight is 310 g/mol. The first-order valence-corrected chi connectivity index (χ1v) is 8.24. The van der Waals surface area contributed by atoms with Gasteiger partial charge in [-0.05, 0) is 29.7 Å². The molecular formula is C15H16ClNO2S. The Hall–Kier alpha value is -1.36. The molecule has 20 heavy (non-hydrogen) atoms. The van der Waals surface area contributed by atoms with Crippen LogP contribution in [0, 0.1) is 6.92 Å². The number of rotatable bonds is 5. The van der Waals surface area contributed by atoms with Gasteiger partial charge in [0.2, 0.25) is 10.0 Å². The van der Waals surface area contributed by atoms with E-state index < -0.39 is 10.0 Å². The number of hydrogen-bond acceptors (Lipinski definition) is 2. The van der Waals surface area contributed by atoms with E-state index in [4.69, 9.17) is 11.6 Å². The van der Waals surface area contributed by atoms with Gasteiger partial charge >= 0.3 is 0 Å². The molecule has 0 saturated carbocycles. The Balaban J connectivity index is 2.15. The average Bonchev–Trinajstić information content (AvgIpc) is 2.46. The second-order valence-electron chi connectivity index (χ2n) is 4.54. The van der Waals surface area contributed by atoms with E-state index in [2.05, 4.69) is 4.72 Å². The number of benzene rings is 2. The molecule has 0 radical (unpaired) electrons. The molecule has 0 spiro atoms. The van der Waals surface area contributed by atoms with Gasteiger partial charge in [-0.3, -0.25) is 0 Å². The fourth-order valence-electron chi connectivity index (χ4n) is 1.94. The highest BCUT2D eigenvalue weighted by atomic mass is 35.5. The molecule has 2 aromatic carbocycles. The van der Waals surface area contributed by atoms with Crippen molar-refractivity contribution in [3.63, 3.8) is 0 Å². The molecule has 0 aliphatic rings. The summed E-state index contributed by atoms with van der Waals surface area (Å²) in [6.45, 7) is 2.03. The van der Waals surface area contributed by atoms with E-state index in [1.54, 1.807) is 25.1 Å². The molecule has 0 amide bonds. The van der Waals surface area contributed by atoms with Gasteiger partial charge in [0, 0.05) is 12.4 Å². The summed E-state index contributed by atoms with van der Waals surface area (Å²) < 4.78 is 27.1. The van der Waals surface area contributed by atoms with Crippen molar-refractivity contribution in [3.8, 4) is 0 Å². The molecule has 1 N–H and O–H groups in total. The molecule has 0 unspecified atom stereocenters. The van der Waals surface area contributed by atoms with Gasteiger partial charge < -0.3 is 0 Å². The lowest BCUT2D eigenvalue weighted by Gasteiger charge is -2.09. The molecule has 0 fully saturated rings. The molecular weight excluding hydrogens is 294 g/mol. The van der Waals surface area contributed by atoms with Gasteiger partial charge in [0.05, 0.1) is 4.90 Å². The summed E-state index contributed by atoms with van der Waals surface area (Å²) in [5.41, 5.74) is 2.59. The Labute approximate surface area is 124 Å². The molecule has 106 valence electrons. The standard InChI is InChI=1S/C15H16ClNO2S/c1-12-5-2-3-8-15(12)20(18,19)17-11-14-7-4-6-13(9-14)10-16/h2-9,17H,10-11H2,1H3. The van der Waals surface area contributed by atoms with E-state index in [-0.39, 0.29) is 6.54 Å². The highest BCUT2D eigenvalue weighted by Gasteiger charge is 2.15. The van der Waals surface area contributed by atoms with Crippen molar-refractivity contribution in [1.82, 2.24) is 4.72 Å². The molecule has 3 nitrogen and oxygen atoms in total. The fourth-order valence-corrected chi connectivity index (χ4v) is 3.36. The maximum absolute atomic E-state index is 12.2. The predicted octanol–water partition coefficient (Wildman–Crippen LogP) is 3.21. The van der Waals surface area contributed by atoms with Crippen LogP contribution in [0.15, 0.2) is 53.4 Å². The normalized spacial score (nSPS) is 11.5. The summed E-state index contributed by atoms with van der Waals surface area (Å²) in [7, 11) is -3.49. The molecule has 0 aliphatic heterocycles.